The van der Waals surface area contributed by atoms with Crippen molar-refractivity contribution in [2.45, 2.75) is 42.9 Å². The summed E-state index contributed by atoms with van der Waals surface area (Å²) in [4.78, 5) is 15.9. The third-order valence-electron chi connectivity index (χ3n) is 4.73. The van der Waals surface area contributed by atoms with E-state index in [-0.39, 0.29) is 17.0 Å². The first-order valence-corrected chi connectivity index (χ1v) is 11.0. The highest BCUT2D eigenvalue weighted by molar-refractivity contribution is 7.89. The maximum absolute atomic E-state index is 13.3. The average molecular weight is 462 g/mol. The molecule has 1 aliphatic rings. The second kappa shape index (κ2) is 8.91. The number of aromatic nitrogens is 1. The monoisotopic (exact) mass is 461 g/mol. The summed E-state index contributed by atoms with van der Waals surface area (Å²) in [6.45, 7) is 0.139. The molecule has 2 aromatic rings. The Morgan fingerprint density at radius 3 is 2.43 bits per heavy atom. The highest BCUT2D eigenvalue weighted by Crippen LogP contribution is 2.29. The van der Waals surface area contributed by atoms with Crippen LogP contribution in [0.5, 0.6) is 0 Å². The summed E-state index contributed by atoms with van der Waals surface area (Å²) in [6.07, 6.45) is -2.00. The van der Waals surface area contributed by atoms with Gasteiger partial charge >= 0.3 is 6.18 Å². The van der Waals surface area contributed by atoms with Gasteiger partial charge in [-0.15, -0.1) is 0 Å². The van der Waals surface area contributed by atoms with E-state index in [9.17, 15) is 26.4 Å². The van der Waals surface area contributed by atoms with Gasteiger partial charge < -0.3 is 5.32 Å². The van der Waals surface area contributed by atoms with Crippen molar-refractivity contribution in [3.05, 3.63) is 58.9 Å². The van der Waals surface area contributed by atoms with Gasteiger partial charge in [0.2, 0.25) is 15.9 Å². The maximum Gasteiger partial charge on any atom is 0.433 e. The predicted molar refractivity (Wildman–Crippen MR) is 104 cm³/mol. The van der Waals surface area contributed by atoms with Gasteiger partial charge in [0.25, 0.3) is 0 Å². The van der Waals surface area contributed by atoms with E-state index in [0.29, 0.717) is 30.8 Å². The zero-order valence-corrected chi connectivity index (χ0v) is 17.3. The van der Waals surface area contributed by atoms with Crippen LogP contribution in [0, 0.1) is 0 Å². The molecule has 162 valence electrons. The predicted octanol–water partition coefficient (Wildman–Crippen LogP) is 3.61. The number of hydrogen-bond acceptors (Lipinski definition) is 4. The maximum atomic E-state index is 13.3. The summed E-state index contributed by atoms with van der Waals surface area (Å²) in [5.41, 5.74) is -0.844. The van der Waals surface area contributed by atoms with Crippen molar-refractivity contribution in [1.29, 1.82) is 0 Å². The van der Waals surface area contributed by atoms with Crippen LogP contribution in [0.3, 0.4) is 0 Å². The van der Waals surface area contributed by atoms with E-state index in [1.807, 2.05) is 0 Å². The van der Waals surface area contributed by atoms with Crippen LogP contribution in [0.2, 0.25) is 5.02 Å². The molecule has 0 aliphatic carbocycles. The van der Waals surface area contributed by atoms with Crippen molar-refractivity contribution >= 4 is 27.5 Å². The summed E-state index contributed by atoms with van der Waals surface area (Å²) in [7, 11) is -4.14. The lowest BCUT2D eigenvalue weighted by atomic mass is 10.1. The minimum absolute atomic E-state index is 0.0659. The Labute approximate surface area is 177 Å². The summed E-state index contributed by atoms with van der Waals surface area (Å²) < 4.78 is 66.0. The zero-order valence-electron chi connectivity index (χ0n) is 15.7. The van der Waals surface area contributed by atoms with Crippen LogP contribution in [-0.2, 0) is 27.5 Å². The normalized spacial score (nSPS) is 18.2. The minimum atomic E-state index is -4.60. The van der Waals surface area contributed by atoms with E-state index in [2.05, 4.69) is 10.3 Å². The highest BCUT2D eigenvalue weighted by atomic mass is 35.5. The fraction of sp³-hybridized carbons (Fsp3) is 0.368. The van der Waals surface area contributed by atoms with Gasteiger partial charge in [-0.05, 0) is 55.2 Å². The summed E-state index contributed by atoms with van der Waals surface area (Å²) >= 11 is 5.84. The minimum Gasteiger partial charge on any atom is -0.355 e. The molecule has 0 saturated carbocycles. The number of amides is 1. The molecule has 1 N–H and O–H groups in total. The number of sulfonamides is 1. The van der Waals surface area contributed by atoms with Crippen molar-refractivity contribution in [1.82, 2.24) is 14.6 Å². The van der Waals surface area contributed by atoms with Crippen molar-refractivity contribution in [2.75, 3.05) is 6.54 Å². The average Bonchev–Trinajstić information content (AvgIpc) is 2.90. The van der Waals surface area contributed by atoms with E-state index in [1.165, 1.54) is 24.3 Å². The van der Waals surface area contributed by atoms with Crippen molar-refractivity contribution in [3.63, 3.8) is 0 Å². The molecule has 1 aromatic heterocycles. The number of rotatable bonds is 5. The summed E-state index contributed by atoms with van der Waals surface area (Å²) in [5, 5.41) is 3.04. The second-order valence-electron chi connectivity index (χ2n) is 6.86. The van der Waals surface area contributed by atoms with Crippen LogP contribution in [0.25, 0.3) is 0 Å². The molecule has 1 amide bonds. The zero-order chi connectivity index (χ0) is 21.9. The SMILES string of the molecule is O=C1NCCCC[C@H]1N(Cc1ccc(C(F)(F)F)nc1)S(=O)(=O)c1ccc(Cl)cc1. The molecule has 1 aliphatic heterocycles. The molecular formula is C19H19ClF3N3O3S. The van der Waals surface area contributed by atoms with Gasteiger partial charge in [0, 0.05) is 24.3 Å². The number of alkyl halides is 3. The fourth-order valence-corrected chi connectivity index (χ4v) is 4.90. The first-order chi connectivity index (χ1) is 14.1. The van der Waals surface area contributed by atoms with Crippen LogP contribution < -0.4 is 5.32 Å². The molecule has 3 rings (SSSR count). The molecule has 2 heterocycles. The van der Waals surface area contributed by atoms with Crippen molar-refractivity contribution < 1.29 is 26.4 Å². The van der Waals surface area contributed by atoms with Gasteiger partial charge in [0.15, 0.2) is 0 Å². The number of carbonyl (C=O) groups is 1. The van der Waals surface area contributed by atoms with Gasteiger partial charge in [-0.1, -0.05) is 17.7 Å². The first kappa shape index (κ1) is 22.5. The van der Waals surface area contributed by atoms with E-state index in [1.54, 1.807) is 0 Å². The quantitative estimate of drug-likeness (QED) is 0.737. The van der Waals surface area contributed by atoms with Gasteiger partial charge in [0.05, 0.1) is 4.90 Å². The summed E-state index contributed by atoms with van der Waals surface area (Å²) in [5.74, 6) is -0.440. The summed E-state index contributed by atoms with van der Waals surface area (Å²) in [6, 6.07) is 6.44. The van der Waals surface area contributed by atoms with Gasteiger partial charge in [-0.3, -0.25) is 9.78 Å². The van der Waals surface area contributed by atoms with Crippen LogP contribution >= 0.6 is 11.6 Å². The number of pyridine rings is 1. The number of carbonyl (C=O) groups excluding carboxylic acids is 1. The molecule has 30 heavy (non-hydrogen) atoms. The van der Waals surface area contributed by atoms with E-state index >= 15 is 0 Å². The Bertz CT molecular complexity index is 996. The van der Waals surface area contributed by atoms with Crippen molar-refractivity contribution in [2.24, 2.45) is 0 Å². The van der Waals surface area contributed by atoms with Gasteiger partial charge in [0.1, 0.15) is 11.7 Å². The second-order valence-corrected chi connectivity index (χ2v) is 9.18. The lowest BCUT2D eigenvalue weighted by Gasteiger charge is -2.29. The van der Waals surface area contributed by atoms with E-state index < -0.39 is 33.8 Å². The molecule has 11 heteroatoms. The van der Waals surface area contributed by atoms with Crippen molar-refractivity contribution in [3.8, 4) is 0 Å². The molecular weight excluding hydrogens is 443 g/mol. The Balaban J connectivity index is 1.99. The number of halogens is 4. The standard InChI is InChI=1S/C19H19ClF3N3O3S/c20-14-5-7-15(8-6-14)30(28,29)26(16-3-1-2-10-24-18(16)27)12-13-4-9-17(25-11-13)19(21,22)23/h4-9,11,16H,1-3,10,12H2,(H,24,27)/t16-/m1/s1. The van der Waals surface area contributed by atoms with Crippen LogP contribution in [0.15, 0.2) is 47.5 Å². The first-order valence-electron chi connectivity index (χ1n) is 9.16. The number of hydrogen-bond donors (Lipinski definition) is 1. The number of nitrogens with zero attached hydrogens (tertiary/aromatic N) is 2. The van der Waals surface area contributed by atoms with E-state index in [0.717, 1.165) is 22.6 Å². The van der Waals surface area contributed by atoms with Crippen LogP contribution in [0.1, 0.15) is 30.5 Å². The fourth-order valence-electron chi connectivity index (χ4n) is 3.17. The Morgan fingerprint density at radius 2 is 1.83 bits per heavy atom. The molecule has 1 atom stereocenters. The molecule has 0 unspecified atom stereocenters. The largest absolute Gasteiger partial charge is 0.433 e. The Hall–Kier alpha value is -2.17. The third kappa shape index (κ3) is 5.11. The Kier molecular flexibility index (Phi) is 6.68. The third-order valence-corrected chi connectivity index (χ3v) is 6.85. The van der Waals surface area contributed by atoms with E-state index in [4.69, 9.17) is 11.6 Å². The lowest BCUT2D eigenvalue weighted by Crippen LogP contribution is -2.48. The number of benzene rings is 1. The van der Waals surface area contributed by atoms with Gasteiger partial charge in [-0.25, -0.2) is 8.42 Å². The molecule has 1 fully saturated rings. The lowest BCUT2D eigenvalue weighted by molar-refractivity contribution is -0.141. The molecule has 0 radical (unpaired) electrons. The molecule has 1 saturated heterocycles. The molecule has 0 spiro atoms. The molecule has 1 aromatic carbocycles. The molecule has 6 nitrogen and oxygen atoms in total. The molecule has 0 bridgehead atoms. The smallest absolute Gasteiger partial charge is 0.355 e. The Morgan fingerprint density at radius 1 is 1.13 bits per heavy atom. The highest BCUT2D eigenvalue weighted by Gasteiger charge is 2.37. The van der Waals surface area contributed by atoms with Crippen LogP contribution in [0.4, 0.5) is 13.2 Å². The van der Waals surface area contributed by atoms with Gasteiger partial charge in [-0.2, -0.15) is 17.5 Å². The van der Waals surface area contributed by atoms with Crippen LogP contribution in [-0.4, -0.2) is 36.2 Å². The topological polar surface area (TPSA) is 79.4 Å². The number of nitrogens with one attached hydrogen (secondary N) is 1.